The zero-order valence-electron chi connectivity index (χ0n) is 9.47. The number of rotatable bonds is 6. The second-order valence-electron chi connectivity index (χ2n) is 3.92. The minimum atomic E-state index is 0.447. The molecule has 1 atom stereocenters. The minimum Gasteiger partial charge on any atom is -0.330 e. The SMILES string of the molecule is CC(CCN)NCCc1cc(Cl)ccc1Cl. The van der Waals surface area contributed by atoms with Gasteiger partial charge in [-0.2, -0.15) is 0 Å². The average molecular weight is 261 g/mol. The van der Waals surface area contributed by atoms with Crippen molar-refractivity contribution in [3.05, 3.63) is 33.8 Å². The molecule has 4 heteroatoms. The van der Waals surface area contributed by atoms with Crippen molar-refractivity contribution >= 4 is 23.2 Å². The van der Waals surface area contributed by atoms with Crippen LogP contribution in [0.2, 0.25) is 10.0 Å². The summed E-state index contributed by atoms with van der Waals surface area (Å²) >= 11 is 12.0. The minimum absolute atomic E-state index is 0.447. The van der Waals surface area contributed by atoms with Gasteiger partial charge in [-0.1, -0.05) is 23.2 Å². The van der Waals surface area contributed by atoms with Gasteiger partial charge >= 0.3 is 0 Å². The Morgan fingerprint density at radius 1 is 1.38 bits per heavy atom. The maximum absolute atomic E-state index is 6.07. The predicted molar refractivity (Wildman–Crippen MR) is 71.3 cm³/mol. The highest BCUT2D eigenvalue weighted by Crippen LogP contribution is 2.20. The molecule has 0 aromatic heterocycles. The van der Waals surface area contributed by atoms with Gasteiger partial charge in [-0.25, -0.2) is 0 Å². The molecule has 0 saturated carbocycles. The van der Waals surface area contributed by atoms with Gasteiger partial charge in [-0.05, 0) is 56.6 Å². The molecule has 0 heterocycles. The summed E-state index contributed by atoms with van der Waals surface area (Å²) in [4.78, 5) is 0. The van der Waals surface area contributed by atoms with Crippen LogP contribution >= 0.6 is 23.2 Å². The monoisotopic (exact) mass is 260 g/mol. The van der Waals surface area contributed by atoms with E-state index in [0.717, 1.165) is 35.0 Å². The van der Waals surface area contributed by atoms with Crippen LogP contribution in [-0.2, 0) is 6.42 Å². The zero-order chi connectivity index (χ0) is 12.0. The molecule has 0 fully saturated rings. The van der Waals surface area contributed by atoms with Gasteiger partial charge in [0.2, 0.25) is 0 Å². The second-order valence-corrected chi connectivity index (χ2v) is 4.76. The molecular formula is C12H18Cl2N2. The molecule has 0 saturated heterocycles. The van der Waals surface area contributed by atoms with Gasteiger partial charge in [0.1, 0.15) is 0 Å². The number of halogens is 2. The first-order chi connectivity index (χ1) is 7.63. The van der Waals surface area contributed by atoms with Crippen LogP contribution in [0.15, 0.2) is 18.2 Å². The molecule has 90 valence electrons. The van der Waals surface area contributed by atoms with Gasteiger partial charge in [-0.3, -0.25) is 0 Å². The van der Waals surface area contributed by atoms with Crippen LogP contribution in [0.5, 0.6) is 0 Å². The van der Waals surface area contributed by atoms with Crippen molar-refractivity contribution in [2.75, 3.05) is 13.1 Å². The molecule has 0 aliphatic rings. The van der Waals surface area contributed by atoms with E-state index in [0.29, 0.717) is 12.6 Å². The number of nitrogens with two attached hydrogens (primary N) is 1. The van der Waals surface area contributed by atoms with E-state index in [1.807, 2.05) is 12.1 Å². The molecule has 1 unspecified atom stereocenters. The van der Waals surface area contributed by atoms with Crippen LogP contribution in [0.25, 0.3) is 0 Å². The Hall–Kier alpha value is -0.280. The molecule has 1 aromatic carbocycles. The summed E-state index contributed by atoms with van der Waals surface area (Å²) in [5.41, 5.74) is 6.56. The Labute approximate surface area is 107 Å². The van der Waals surface area contributed by atoms with Gasteiger partial charge in [0.15, 0.2) is 0 Å². The van der Waals surface area contributed by atoms with Crippen molar-refractivity contribution in [2.24, 2.45) is 5.73 Å². The van der Waals surface area contributed by atoms with Crippen molar-refractivity contribution in [3.63, 3.8) is 0 Å². The lowest BCUT2D eigenvalue weighted by atomic mass is 10.1. The summed E-state index contributed by atoms with van der Waals surface area (Å²) in [5.74, 6) is 0. The van der Waals surface area contributed by atoms with Crippen LogP contribution < -0.4 is 11.1 Å². The van der Waals surface area contributed by atoms with E-state index in [4.69, 9.17) is 28.9 Å². The molecule has 0 radical (unpaired) electrons. The van der Waals surface area contributed by atoms with Crippen molar-refractivity contribution < 1.29 is 0 Å². The zero-order valence-corrected chi connectivity index (χ0v) is 11.0. The number of hydrogen-bond donors (Lipinski definition) is 2. The van der Waals surface area contributed by atoms with Crippen LogP contribution in [-0.4, -0.2) is 19.1 Å². The first kappa shape index (κ1) is 13.8. The summed E-state index contributed by atoms with van der Waals surface area (Å²) in [6.07, 6.45) is 1.87. The van der Waals surface area contributed by atoms with E-state index in [-0.39, 0.29) is 0 Å². The Kier molecular flexibility index (Phi) is 6.14. The van der Waals surface area contributed by atoms with E-state index >= 15 is 0 Å². The van der Waals surface area contributed by atoms with Crippen LogP contribution in [0.4, 0.5) is 0 Å². The van der Waals surface area contributed by atoms with Crippen LogP contribution in [0.3, 0.4) is 0 Å². The molecule has 0 amide bonds. The third-order valence-electron chi connectivity index (χ3n) is 2.49. The Balaban J connectivity index is 2.39. The van der Waals surface area contributed by atoms with Crippen molar-refractivity contribution in [3.8, 4) is 0 Å². The molecule has 0 spiro atoms. The highest BCUT2D eigenvalue weighted by Gasteiger charge is 2.03. The van der Waals surface area contributed by atoms with Gasteiger partial charge in [-0.15, -0.1) is 0 Å². The molecule has 16 heavy (non-hydrogen) atoms. The van der Waals surface area contributed by atoms with E-state index in [9.17, 15) is 0 Å². The molecular weight excluding hydrogens is 243 g/mol. The molecule has 0 aliphatic carbocycles. The van der Waals surface area contributed by atoms with Crippen LogP contribution in [0.1, 0.15) is 18.9 Å². The van der Waals surface area contributed by atoms with Gasteiger partial charge in [0, 0.05) is 16.1 Å². The third kappa shape index (κ3) is 4.71. The molecule has 1 aromatic rings. The standard InChI is InChI=1S/C12H18Cl2N2/c1-9(4-6-15)16-7-5-10-8-11(13)2-3-12(10)14/h2-3,8-9,16H,4-7,15H2,1H3. The highest BCUT2D eigenvalue weighted by atomic mass is 35.5. The van der Waals surface area contributed by atoms with Crippen molar-refractivity contribution in [1.29, 1.82) is 0 Å². The van der Waals surface area contributed by atoms with E-state index < -0.39 is 0 Å². The lowest BCUT2D eigenvalue weighted by Crippen LogP contribution is -2.30. The number of nitrogens with one attached hydrogen (secondary N) is 1. The third-order valence-corrected chi connectivity index (χ3v) is 3.10. The topological polar surface area (TPSA) is 38.0 Å². The summed E-state index contributed by atoms with van der Waals surface area (Å²) in [6.45, 7) is 3.74. The average Bonchev–Trinajstić information content (AvgIpc) is 2.23. The van der Waals surface area contributed by atoms with Crippen molar-refractivity contribution in [1.82, 2.24) is 5.32 Å². The number of hydrogen-bond acceptors (Lipinski definition) is 2. The number of benzene rings is 1. The Bertz CT molecular complexity index is 329. The highest BCUT2D eigenvalue weighted by molar-refractivity contribution is 6.33. The fourth-order valence-corrected chi connectivity index (χ4v) is 1.95. The first-order valence-electron chi connectivity index (χ1n) is 5.51. The summed E-state index contributed by atoms with van der Waals surface area (Å²) in [7, 11) is 0. The lowest BCUT2D eigenvalue weighted by molar-refractivity contribution is 0.523. The van der Waals surface area contributed by atoms with Crippen LogP contribution in [0, 0.1) is 0 Å². The van der Waals surface area contributed by atoms with Gasteiger partial charge in [0.25, 0.3) is 0 Å². The summed E-state index contributed by atoms with van der Waals surface area (Å²) < 4.78 is 0. The first-order valence-corrected chi connectivity index (χ1v) is 6.26. The van der Waals surface area contributed by atoms with Gasteiger partial charge < -0.3 is 11.1 Å². The summed E-state index contributed by atoms with van der Waals surface area (Å²) in [5, 5.41) is 4.90. The fourth-order valence-electron chi connectivity index (χ4n) is 1.54. The quantitative estimate of drug-likeness (QED) is 0.826. The second kappa shape index (κ2) is 7.13. The molecule has 1 rings (SSSR count). The fraction of sp³-hybridized carbons (Fsp3) is 0.500. The van der Waals surface area contributed by atoms with Crippen molar-refractivity contribution in [2.45, 2.75) is 25.8 Å². The Morgan fingerprint density at radius 2 is 2.12 bits per heavy atom. The predicted octanol–water partition coefficient (Wildman–Crippen LogP) is 2.86. The van der Waals surface area contributed by atoms with E-state index in [1.54, 1.807) is 6.07 Å². The van der Waals surface area contributed by atoms with E-state index in [1.165, 1.54) is 0 Å². The Morgan fingerprint density at radius 3 is 2.81 bits per heavy atom. The molecule has 2 nitrogen and oxygen atoms in total. The maximum atomic E-state index is 6.07. The summed E-state index contributed by atoms with van der Waals surface area (Å²) in [6, 6.07) is 6.00. The van der Waals surface area contributed by atoms with Gasteiger partial charge in [0.05, 0.1) is 0 Å². The lowest BCUT2D eigenvalue weighted by Gasteiger charge is -2.12. The molecule has 0 aliphatic heterocycles. The van der Waals surface area contributed by atoms with E-state index in [2.05, 4.69) is 12.2 Å². The molecule has 3 N–H and O–H groups in total. The molecule has 0 bridgehead atoms. The largest absolute Gasteiger partial charge is 0.330 e. The smallest absolute Gasteiger partial charge is 0.0439 e. The normalized spacial score (nSPS) is 12.8. The maximum Gasteiger partial charge on any atom is 0.0439 e.